The SMILES string of the molecule is O=C(c1ncco1)N1CCCNCC1. The van der Waals surface area contributed by atoms with E-state index < -0.39 is 0 Å². The van der Waals surface area contributed by atoms with Crippen LogP contribution in [-0.2, 0) is 0 Å². The number of carbonyl (C=O) groups is 1. The van der Waals surface area contributed by atoms with E-state index in [0.29, 0.717) is 0 Å². The molecule has 1 aromatic heterocycles. The highest BCUT2D eigenvalue weighted by atomic mass is 16.4. The molecule has 0 radical (unpaired) electrons. The van der Waals surface area contributed by atoms with Gasteiger partial charge in [-0.05, 0) is 13.0 Å². The van der Waals surface area contributed by atoms with Crippen molar-refractivity contribution in [3.05, 3.63) is 18.4 Å². The normalized spacial score (nSPS) is 17.9. The van der Waals surface area contributed by atoms with Crippen LogP contribution in [0.3, 0.4) is 0 Å². The Balaban J connectivity index is 2.03. The van der Waals surface area contributed by atoms with Gasteiger partial charge >= 0.3 is 5.91 Å². The van der Waals surface area contributed by atoms with Crippen LogP contribution in [0.15, 0.2) is 16.9 Å². The topological polar surface area (TPSA) is 58.4 Å². The van der Waals surface area contributed by atoms with E-state index in [2.05, 4.69) is 10.3 Å². The zero-order valence-electron chi connectivity index (χ0n) is 7.90. The predicted molar refractivity (Wildman–Crippen MR) is 49.9 cm³/mol. The first-order valence-corrected chi connectivity index (χ1v) is 4.77. The van der Waals surface area contributed by atoms with Crippen LogP contribution in [0, 0.1) is 0 Å². The average Bonchev–Trinajstić information content (AvgIpc) is 2.59. The third-order valence-electron chi connectivity index (χ3n) is 2.24. The Labute approximate surface area is 82.1 Å². The molecule has 0 spiro atoms. The van der Waals surface area contributed by atoms with E-state index in [-0.39, 0.29) is 11.8 Å². The van der Waals surface area contributed by atoms with Crippen LogP contribution in [0.1, 0.15) is 17.1 Å². The maximum atomic E-state index is 11.8. The van der Waals surface area contributed by atoms with Gasteiger partial charge in [-0.25, -0.2) is 4.98 Å². The van der Waals surface area contributed by atoms with E-state index in [4.69, 9.17) is 4.42 Å². The first-order valence-electron chi connectivity index (χ1n) is 4.77. The van der Waals surface area contributed by atoms with Crippen LogP contribution in [-0.4, -0.2) is 42.0 Å². The van der Waals surface area contributed by atoms with Gasteiger partial charge in [0.25, 0.3) is 5.89 Å². The van der Waals surface area contributed by atoms with E-state index in [0.717, 1.165) is 32.6 Å². The highest BCUT2D eigenvalue weighted by molar-refractivity contribution is 5.89. The second-order valence-corrected chi connectivity index (χ2v) is 3.23. The summed E-state index contributed by atoms with van der Waals surface area (Å²) >= 11 is 0. The molecule has 1 aliphatic rings. The molecule has 1 fully saturated rings. The monoisotopic (exact) mass is 195 g/mol. The average molecular weight is 195 g/mol. The van der Waals surface area contributed by atoms with Gasteiger partial charge in [0.1, 0.15) is 6.26 Å². The summed E-state index contributed by atoms with van der Waals surface area (Å²) in [6.07, 6.45) is 3.89. The lowest BCUT2D eigenvalue weighted by molar-refractivity contribution is 0.0726. The summed E-state index contributed by atoms with van der Waals surface area (Å²) in [5.74, 6) is 0.0746. The quantitative estimate of drug-likeness (QED) is 0.691. The number of rotatable bonds is 1. The van der Waals surface area contributed by atoms with Crippen LogP contribution >= 0.6 is 0 Å². The maximum absolute atomic E-state index is 11.8. The second kappa shape index (κ2) is 4.23. The number of nitrogens with zero attached hydrogens (tertiary/aromatic N) is 2. The number of oxazole rings is 1. The lowest BCUT2D eigenvalue weighted by Crippen LogP contribution is -2.34. The van der Waals surface area contributed by atoms with Crippen molar-refractivity contribution in [1.29, 1.82) is 0 Å². The zero-order valence-corrected chi connectivity index (χ0v) is 7.90. The van der Waals surface area contributed by atoms with Gasteiger partial charge in [0.05, 0.1) is 6.20 Å². The van der Waals surface area contributed by atoms with Crippen molar-refractivity contribution in [2.45, 2.75) is 6.42 Å². The molecule has 5 heteroatoms. The van der Waals surface area contributed by atoms with Crippen molar-refractivity contribution in [2.75, 3.05) is 26.2 Å². The van der Waals surface area contributed by atoms with Gasteiger partial charge < -0.3 is 14.6 Å². The molecule has 76 valence electrons. The summed E-state index contributed by atoms with van der Waals surface area (Å²) in [4.78, 5) is 17.4. The minimum absolute atomic E-state index is 0.112. The molecule has 5 nitrogen and oxygen atoms in total. The fraction of sp³-hybridized carbons (Fsp3) is 0.556. The van der Waals surface area contributed by atoms with E-state index in [1.54, 1.807) is 4.90 Å². The number of amides is 1. The summed E-state index contributed by atoms with van der Waals surface area (Å²) in [5, 5.41) is 3.23. The van der Waals surface area contributed by atoms with Gasteiger partial charge in [0, 0.05) is 19.6 Å². The van der Waals surface area contributed by atoms with Crippen molar-refractivity contribution >= 4 is 5.91 Å². The van der Waals surface area contributed by atoms with E-state index in [1.807, 2.05) is 0 Å². The van der Waals surface area contributed by atoms with Gasteiger partial charge in [-0.2, -0.15) is 0 Å². The molecule has 0 aromatic carbocycles. The smallest absolute Gasteiger partial charge is 0.309 e. The number of hydrogen-bond acceptors (Lipinski definition) is 4. The lowest BCUT2D eigenvalue weighted by Gasteiger charge is -2.17. The molecule has 1 amide bonds. The second-order valence-electron chi connectivity index (χ2n) is 3.23. The Kier molecular flexibility index (Phi) is 2.78. The number of carbonyl (C=O) groups excluding carboxylic acids is 1. The molecule has 1 N–H and O–H groups in total. The van der Waals surface area contributed by atoms with Gasteiger partial charge in [-0.15, -0.1) is 0 Å². The zero-order chi connectivity index (χ0) is 9.80. The van der Waals surface area contributed by atoms with Gasteiger partial charge in [-0.3, -0.25) is 4.79 Å². The largest absolute Gasteiger partial charge is 0.441 e. The van der Waals surface area contributed by atoms with Gasteiger partial charge in [-0.1, -0.05) is 0 Å². The fourth-order valence-corrected chi connectivity index (χ4v) is 1.51. The number of nitrogens with one attached hydrogen (secondary N) is 1. The van der Waals surface area contributed by atoms with Gasteiger partial charge in [0.2, 0.25) is 0 Å². The molecule has 0 aliphatic carbocycles. The molecule has 0 atom stereocenters. The van der Waals surface area contributed by atoms with Crippen molar-refractivity contribution in [2.24, 2.45) is 0 Å². The molecule has 14 heavy (non-hydrogen) atoms. The minimum atomic E-state index is -0.112. The summed E-state index contributed by atoms with van der Waals surface area (Å²) in [5.41, 5.74) is 0. The number of aromatic nitrogens is 1. The molecule has 1 saturated heterocycles. The van der Waals surface area contributed by atoms with E-state index >= 15 is 0 Å². The summed E-state index contributed by atoms with van der Waals surface area (Å²) < 4.78 is 4.97. The van der Waals surface area contributed by atoms with Gasteiger partial charge in [0.15, 0.2) is 0 Å². The third kappa shape index (κ3) is 1.93. The molecule has 2 heterocycles. The molecule has 0 saturated carbocycles. The highest BCUT2D eigenvalue weighted by Crippen LogP contribution is 2.03. The standard InChI is InChI=1S/C9H13N3O2/c13-9(8-11-4-7-14-8)12-5-1-2-10-3-6-12/h4,7,10H,1-3,5-6H2. The van der Waals surface area contributed by atoms with Crippen LogP contribution in [0.5, 0.6) is 0 Å². The van der Waals surface area contributed by atoms with Crippen LogP contribution in [0.25, 0.3) is 0 Å². The molecule has 0 unspecified atom stereocenters. The molecule has 1 aromatic rings. The van der Waals surface area contributed by atoms with E-state index in [9.17, 15) is 4.79 Å². The third-order valence-corrected chi connectivity index (χ3v) is 2.24. The summed E-state index contributed by atoms with van der Waals surface area (Å²) in [7, 11) is 0. The van der Waals surface area contributed by atoms with E-state index in [1.165, 1.54) is 12.5 Å². The van der Waals surface area contributed by atoms with Crippen molar-refractivity contribution in [3.8, 4) is 0 Å². The minimum Gasteiger partial charge on any atom is -0.441 e. The maximum Gasteiger partial charge on any atom is 0.309 e. The molecule has 2 rings (SSSR count). The summed E-state index contributed by atoms with van der Waals surface area (Å²) in [6, 6.07) is 0. The fourth-order valence-electron chi connectivity index (χ4n) is 1.51. The Hall–Kier alpha value is -1.36. The van der Waals surface area contributed by atoms with Crippen molar-refractivity contribution in [1.82, 2.24) is 15.2 Å². The first-order chi connectivity index (χ1) is 6.88. The Morgan fingerprint density at radius 3 is 3.21 bits per heavy atom. The van der Waals surface area contributed by atoms with Crippen LogP contribution < -0.4 is 5.32 Å². The lowest BCUT2D eigenvalue weighted by atomic mass is 10.4. The van der Waals surface area contributed by atoms with Crippen molar-refractivity contribution < 1.29 is 9.21 Å². The molecular weight excluding hydrogens is 182 g/mol. The Morgan fingerprint density at radius 2 is 2.43 bits per heavy atom. The summed E-state index contributed by atoms with van der Waals surface area (Å²) in [6.45, 7) is 3.30. The number of hydrogen-bond donors (Lipinski definition) is 1. The first kappa shape index (κ1) is 9.21. The van der Waals surface area contributed by atoms with Crippen molar-refractivity contribution in [3.63, 3.8) is 0 Å². The molecule has 0 bridgehead atoms. The Morgan fingerprint density at radius 1 is 1.50 bits per heavy atom. The molecule has 1 aliphatic heterocycles. The Bertz CT molecular complexity index is 289. The van der Waals surface area contributed by atoms with Crippen LogP contribution in [0.4, 0.5) is 0 Å². The highest BCUT2D eigenvalue weighted by Gasteiger charge is 2.20. The van der Waals surface area contributed by atoms with Crippen LogP contribution in [0.2, 0.25) is 0 Å². The molecular formula is C9H13N3O2. The predicted octanol–water partition coefficient (Wildman–Crippen LogP) is 0.110.